The zero-order chi connectivity index (χ0) is 24.8. The average molecular weight is 469 g/mol. The Morgan fingerprint density at radius 2 is 1.63 bits per heavy atom. The fourth-order valence-electron chi connectivity index (χ4n) is 3.92. The largest absolute Gasteiger partial charge is 0.490 e. The highest BCUT2D eigenvalue weighted by Gasteiger charge is 2.19. The molecule has 5 nitrogen and oxygen atoms in total. The summed E-state index contributed by atoms with van der Waals surface area (Å²) in [6, 6.07) is 23.0. The minimum absolute atomic E-state index is 0.0855. The Labute approximate surface area is 204 Å². The standard InChI is InChI=1S/C30H28O5/c1-20(2)34-27-16-15-24-21(3)25(18-23-12-8-5-9-13-23)30(32)35-29(24)26(27)19-33-28(31)17-14-22-10-6-4-7-11-22/h4-17,20H,18-19H2,1-3H3/b17-14+. The molecule has 0 spiro atoms. The van der Waals surface area contributed by atoms with Crippen molar-refractivity contribution in [2.75, 3.05) is 0 Å². The van der Waals surface area contributed by atoms with Gasteiger partial charge in [-0.2, -0.15) is 0 Å². The van der Waals surface area contributed by atoms with E-state index in [9.17, 15) is 9.59 Å². The summed E-state index contributed by atoms with van der Waals surface area (Å²) >= 11 is 0. The van der Waals surface area contributed by atoms with Crippen LogP contribution in [0.25, 0.3) is 17.0 Å². The minimum atomic E-state index is -0.499. The smallest absolute Gasteiger partial charge is 0.340 e. The van der Waals surface area contributed by atoms with Gasteiger partial charge in [-0.3, -0.25) is 0 Å². The predicted molar refractivity (Wildman–Crippen MR) is 138 cm³/mol. The molecule has 0 fully saturated rings. The van der Waals surface area contributed by atoms with Gasteiger partial charge in [0.1, 0.15) is 17.9 Å². The molecule has 0 amide bonds. The van der Waals surface area contributed by atoms with E-state index in [1.165, 1.54) is 6.08 Å². The molecule has 0 atom stereocenters. The number of hydrogen-bond acceptors (Lipinski definition) is 5. The molecule has 0 N–H and O–H groups in total. The normalized spacial score (nSPS) is 11.3. The highest BCUT2D eigenvalue weighted by molar-refractivity contribution is 5.88. The van der Waals surface area contributed by atoms with Crippen molar-refractivity contribution < 1.29 is 18.7 Å². The molecule has 0 aliphatic heterocycles. The highest BCUT2D eigenvalue weighted by atomic mass is 16.5. The first kappa shape index (κ1) is 24.0. The van der Waals surface area contributed by atoms with Crippen LogP contribution in [0.1, 0.15) is 41.7 Å². The first-order valence-electron chi connectivity index (χ1n) is 11.6. The van der Waals surface area contributed by atoms with Gasteiger partial charge in [0.05, 0.1) is 11.7 Å². The maximum Gasteiger partial charge on any atom is 0.340 e. The second-order valence-corrected chi connectivity index (χ2v) is 8.59. The molecule has 0 unspecified atom stereocenters. The number of ether oxygens (including phenoxy) is 2. The van der Waals surface area contributed by atoms with E-state index >= 15 is 0 Å². The maximum absolute atomic E-state index is 13.0. The van der Waals surface area contributed by atoms with Crippen LogP contribution in [-0.4, -0.2) is 12.1 Å². The van der Waals surface area contributed by atoms with Crippen molar-refractivity contribution in [3.8, 4) is 5.75 Å². The summed E-state index contributed by atoms with van der Waals surface area (Å²) in [5, 5.41) is 0.789. The molecule has 0 radical (unpaired) electrons. The highest BCUT2D eigenvalue weighted by Crippen LogP contribution is 2.32. The van der Waals surface area contributed by atoms with Crippen LogP contribution in [0.2, 0.25) is 0 Å². The summed E-state index contributed by atoms with van der Waals surface area (Å²) in [6.07, 6.45) is 3.44. The third kappa shape index (κ3) is 5.87. The van der Waals surface area contributed by atoms with Crippen molar-refractivity contribution in [1.29, 1.82) is 0 Å². The summed E-state index contributed by atoms with van der Waals surface area (Å²) in [7, 11) is 0. The Morgan fingerprint density at radius 3 is 2.31 bits per heavy atom. The van der Waals surface area contributed by atoms with Crippen molar-refractivity contribution in [1.82, 2.24) is 0 Å². The fraction of sp³-hybridized carbons (Fsp3) is 0.200. The van der Waals surface area contributed by atoms with Crippen molar-refractivity contribution in [2.45, 2.75) is 39.9 Å². The number of esters is 1. The second kappa shape index (κ2) is 10.9. The quantitative estimate of drug-likeness (QED) is 0.174. The number of aryl methyl sites for hydroxylation is 1. The minimum Gasteiger partial charge on any atom is -0.490 e. The van der Waals surface area contributed by atoms with Crippen LogP contribution in [0.15, 0.2) is 88.1 Å². The summed E-state index contributed by atoms with van der Waals surface area (Å²) in [5.74, 6) is 0.0202. The van der Waals surface area contributed by atoms with Gasteiger partial charge in [-0.1, -0.05) is 60.7 Å². The number of rotatable bonds is 8. The van der Waals surface area contributed by atoms with E-state index in [-0.39, 0.29) is 12.7 Å². The Morgan fingerprint density at radius 1 is 0.943 bits per heavy atom. The molecule has 35 heavy (non-hydrogen) atoms. The van der Waals surface area contributed by atoms with Gasteiger partial charge in [0, 0.05) is 23.4 Å². The van der Waals surface area contributed by atoms with Gasteiger partial charge in [-0.25, -0.2) is 9.59 Å². The lowest BCUT2D eigenvalue weighted by atomic mass is 9.98. The van der Waals surface area contributed by atoms with Crippen LogP contribution < -0.4 is 10.4 Å². The molecule has 0 bridgehead atoms. The molecule has 1 heterocycles. The monoisotopic (exact) mass is 468 g/mol. The third-order valence-corrected chi connectivity index (χ3v) is 5.67. The van der Waals surface area contributed by atoms with E-state index in [4.69, 9.17) is 13.9 Å². The third-order valence-electron chi connectivity index (χ3n) is 5.67. The zero-order valence-corrected chi connectivity index (χ0v) is 20.1. The van der Waals surface area contributed by atoms with Crippen LogP contribution in [0.3, 0.4) is 0 Å². The van der Waals surface area contributed by atoms with Crippen LogP contribution in [0.5, 0.6) is 5.75 Å². The van der Waals surface area contributed by atoms with E-state index in [0.717, 1.165) is 22.1 Å². The molecule has 5 heteroatoms. The molecule has 0 aliphatic rings. The van der Waals surface area contributed by atoms with Gasteiger partial charge < -0.3 is 13.9 Å². The Kier molecular flexibility index (Phi) is 7.46. The van der Waals surface area contributed by atoms with Gasteiger partial charge >= 0.3 is 11.6 Å². The first-order valence-corrected chi connectivity index (χ1v) is 11.6. The predicted octanol–water partition coefficient (Wildman–Crippen LogP) is 6.24. The van der Waals surface area contributed by atoms with Gasteiger partial charge in [-0.15, -0.1) is 0 Å². The fourth-order valence-corrected chi connectivity index (χ4v) is 3.92. The van der Waals surface area contributed by atoms with E-state index < -0.39 is 11.6 Å². The van der Waals surface area contributed by atoms with Crippen molar-refractivity contribution in [3.05, 3.63) is 117 Å². The summed E-state index contributed by atoms with van der Waals surface area (Å²) < 4.78 is 17.3. The molecular weight excluding hydrogens is 440 g/mol. The summed E-state index contributed by atoms with van der Waals surface area (Å²) in [6.45, 7) is 5.65. The molecular formula is C30H28O5. The Hall–Kier alpha value is -4.12. The topological polar surface area (TPSA) is 65.7 Å². The SMILES string of the molecule is Cc1c(Cc2ccccc2)c(=O)oc2c(COC(=O)/C=C/c3ccccc3)c(OC(C)C)ccc12. The van der Waals surface area contributed by atoms with Crippen molar-refractivity contribution in [2.24, 2.45) is 0 Å². The van der Waals surface area contributed by atoms with Crippen LogP contribution in [0.4, 0.5) is 0 Å². The van der Waals surface area contributed by atoms with Gasteiger partial charge in [-0.05, 0) is 55.7 Å². The van der Waals surface area contributed by atoms with Crippen LogP contribution >= 0.6 is 0 Å². The average Bonchev–Trinajstić information content (AvgIpc) is 2.85. The van der Waals surface area contributed by atoms with E-state index in [0.29, 0.717) is 28.9 Å². The lowest BCUT2D eigenvalue weighted by Crippen LogP contribution is -2.14. The molecule has 0 saturated carbocycles. The number of benzene rings is 3. The van der Waals surface area contributed by atoms with E-state index in [1.807, 2.05) is 93.6 Å². The Bertz CT molecular complexity index is 1400. The summed E-state index contributed by atoms with van der Waals surface area (Å²) in [4.78, 5) is 25.4. The van der Waals surface area contributed by atoms with E-state index in [1.54, 1.807) is 6.08 Å². The Balaban J connectivity index is 1.67. The number of hydrogen-bond donors (Lipinski definition) is 0. The lowest BCUT2D eigenvalue weighted by molar-refractivity contribution is -0.138. The molecule has 0 aliphatic carbocycles. The van der Waals surface area contributed by atoms with Crippen molar-refractivity contribution in [3.63, 3.8) is 0 Å². The molecule has 4 rings (SSSR count). The molecule has 1 aromatic heterocycles. The van der Waals surface area contributed by atoms with Gasteiger partial charge in [0.2, 0.25) is 0 Å². The molecule has 0 saturated heterocycles. The molecule has 3 aromatic carbocycles. The molecule has 178 valence electrons. The van der Waals surface area contributed by atoms with E-state index in [2.05, 4.69) is 0 Å². The first-order chi connectivity index (χ1) is 16.9. The zero-order valence-electron chi connectivity index (χ0n) is 20.1. The summed E-state index contributed by atoms with van der Waals surface area (Å²) in [5.41, 5.74) is 3.87. The van der Waals surface area contributed by atoms with Crippen molar-refractivity contribution >= 4 is 23.0 Å². The number of carbonyl (C=O) groups is 1. The number of carbonyl (C=O) groups excluding carboxylic acids is 1. The molecule has 4 aromatic rings. The maximum atomic E-state index is 13.0. The van der Waals surface area contributed by atoms with Gasteiger partial charge in [0.25, 0.3) is 0 Å². The second-order valence-electron chi connectivity index (χ2n) is 8.59. The van der Waals surface area contributed by atoms with Crippen LogP contribution in [0, 0.1) is 6.92 Å². The van der Waals surface area contributed by atoms with Gasteiger partial charge in [0.15, 0.2) is 0 Å². The van der Waals surface area contributed by atoms with Crippen LogP contribution in [-0.2, 0) is 22.6 Å². The lowest BCUT2D eigenvalue weighted by Gasteiger charge is -2.17. The number of fused-ring (bicyclic) bond motifs is 1.